The fourth-order valence-electron chi connectivity index (χ4n) is 1.42. The Kier molecular flexibility index (Phi) is 1.75. The molecular weight excluding hydrogens is 170 g/mol. The fraction of sp³-hybridized carbons (Fsp3) is 0.714. The van der Waals surface area contributed by atoms with Crippen molar-refractivity contribution in [2.45, 2.75) is 31.7 Å². The Bertz CT molecular complexity index is 303. The Morgan fingerprint density at radius 1 is 1.62 bits per heavy atom. The van der Waals surface area contributed by atoms with Crippen LogP contribution >= 0.6 is 0 Å². The number of carbonyl (C=O) groups is 1. The van der Waals surface area contributed by atoms with Crippen molar-refractivity contribution in [3.05, 3.63) is 5.82 Å². The Morgan fingerprint density at radius 3 is 2.85 bits per heavy atom. The Labute approximate surface area is 75.1 Å². The van der Waals surface area contributed by atoms with Crippen molar-refractivity contribution >= 4 is 5.91 Å². The van der Waals surface area contributed by atoms with Crippen LogP contribution in [0.1, 0.15) is 36.8 Å². The lowest BCUT2D eigenvalue weighted by molar-refractivity contribution is 0.0839. The highest BCUT2D eigenvalue weighted by Gasteiger charge is 2.34. The number of hydrogen-bond acceptors (Lipinski definition) is 4. The molecule has 0 atom stereocenters. The number of H-pyrrole nitrogens is 1. The van der Waals surface area contributed by atoms with Crippen molar-refractivity contribution in [2.24, 2.45) is 0 Å². The summed E-state index contributed by atoms with van der Waals surface area (Å²) >= 11 is 0. The maximum absolute atomic E-state index is 11.4. The van der Waals surface area contributed by atoms with Gasteiger partial charge >= 0.3 is 0 Å². The summed E-state index contributed by atoms with van der Waals surface area (Å²) in [5.41, 5.74) is -0.0578. The zero-order chi connectivity index (χ0) is 9.31. The molecule has 2 rings (SSSR count). The van der Waals surface area contributed by atoms with E-state index in [2.05, 4.69) is 25.9 Å². The summed E-state index contributed by atoms with van der Waals surface area (Å²) in [5, 5.41) is 15.6. The highest BCUT2D eigenvalue weighted by molar-refractivity contribution is 5.90. The molecule has 1 amide bonds. The molecule has 1 aliphatic rings. The minimum absolute atomic E-state index is 0.0578. The molecule has 0 spiro atoms. The van der Waals surface area contributed by atoms with Gasteiger partial charge in [0.25, 0.3) is 11.7 Å². The SMILES string of the molecule is CC1(NC(=O)c2nn[nH]n2)CCC1. The third-order valence-corrected chi connectivity index (χ3v) is 2.42. The van der Waals surface area contributed by atoms with Gasteiger partial charge in [0.1, 0.15) is 0 Å². The molecule has 6 heteroatoms. The average molecular weight is 181 g/mol. The second-order valence-electron chi connectivity index (χ2n) is 3.60. The molecule has 0 saturated heterocycles. The van der Waals surface area contributed by atoms with E-state index in [0.717, 1.165) is 12.8 Å². The van der Waals surface area contributed by atoms with Crippen molar-refractivity contribution in [3.8, 4) is 0 Å². The molecule has 0 radical (unpaired) electrons. The van der Waals surface area contributed by atoms with Crippen LogP contribution in [-0.4, -0.2) is 32.1 Å². The summed E-state index contributed by atoms with van der Waals surface area (Å²) < 4.78 is 0. The summed E-state index contributed by atoms with van der Waals surface area (Å²) in [6.45, 7) is 2.02. The summed E-state index contributed by atoms with van der Waals surface area (Å²) in [4.78, 5) is 11.4. The van der Waals surface area contributed by atoms with Gasteiger partial charge in [-0.1, -0.05) is 0 Å². The molecule has 13 heavy (non-hydrogen) atoms. The molecule has 2 N–H and O–H groups in total. The van der Waals surface area contributed by atoms with Gasteiger partial charge in [0.05, 0.1) is 0 Å². The first-order valence-corrected chi connectivity index (χ1v) is 4.26. The largest absolute Gasteiger partial charge is 0.344 e. The molecule has 1 aliphatic carbocycles. The zero-order valence-electron chi connectivity index (χ0n) is 7.37. The average Bonchev–Trinajstić information content (AvgIpc) is 2.53. The van der Waals surface area contributed by atoms with Crippen LogP contribution in [0.15, 0.2) is 0 Å². The number of aromatic nitrogens is 4. The van der Waals surface area contributed by atoms with Crippen molar-refractivity contribution in [1.29, 1.82) is 0 Å². The highest BCUT2D eigenvalue weighted by atomic mass is 16.2. The van der Waals surface area contributed by atoms with E-state index in [4.69, 9.17) is 0 Å². The van der Waals surface area contributed by atoms with E-state index < -0.39 is 0 Å². The van der Waals surface area contributed by atoms with Gasteiger partial charge in [-0.25, -0.2) is 0 Å². The van der Waals surface area contributed by atoms with Gasteiger partial charge < -0.3 is 5.32 Å². The number of carbonyl (C=O) groups excluding carboxylic acids is 1. The second kappa shape index (κ2) is 2.79. The van der Waals surface area contributed by atoms with E-state index in [0.29, 0.717) is 0 Å². The number of rotatable bonds is 2. The normalized spacial score (nSPS) is 19.2. The van der Waals surface area contributed by atoms with Crippen molar-refractivity contribution < 1.29 is 4.79 Å². The monoisotopic (exact) mass is 181 g/mol. The van der Waals surface area contributed by atoms with Crippen LogP contribution in [0.4, 0.5) is 0 Å². The maximum atomic E-state index is 11.4. The first kappa shape index (κ1) is 8.15. The van der Waals surface area contributed by atoms with Crippen LogP contribution in [0, 0.1) is 0 Å². The maximum Gasteiger partial charge on any atom is 0.293 e. The van der Waals surface area contributed by atoms with Gasteiger partial charge in [-0.15, -0.1) is 10.2 Å². The van der Waals surface area contributed by atoms with Crippen LogP contribution in [-0.2, 0) is 0 Å². The fourth-order valence-corrected chi connectivity index (χ4v) is 1.42. The van der Waals surface area contributed by atoms with Crippen LogP contribution in [0.5, 0.6) is 0 Å². The molecule has 0 bridgehead atoms. The lowest BCUT2D eigenvalue weighted by Gasteiger charge is -2.38. The lowest BCUT2D eigenvalue weighted by atomic mass is 9.78. The second-order valence-corrected chi connectivity index (χ2v) is 3.60. The van der Waals surface area contributed by atoms with E-state index >= 15 is 0 Å². The summed E-state index contributed by atoms with van der Waals surface area (Å²) in [5.74, 6) is -0.149. The lowest BCUT2D eigenvalue weighted by Crippen LogP contribution is -2.51. The zero-order valence-corrected chi connectivity index (χ0v) is 7.37. The van der Waals surface area contributed by atoms with E-state index in [1.54, 1.807) is 0 Å². The molecule has 1 aromatic heterocycles. The minimum atomic E-state index is -0.254. The number of hydrogen-bond donors (Lipinski definition) is 2. The van der Waals surface area contributed by atoms with Crippen molar-refractivity contribution in [3.63, 3.8) is 0 Å². The number of aromatic amines is 1. The quantitative estimate of drug-likeness (QED) is 0.665. The van der Waals surface area contributed by atoms with E-state index in [9.17, 15) is 4.79 Å². The number of amides is 1. The van der Waals surface area contributed by atoms with Gasteiger partial charge in [0.2, 0.25) is 0 Å². The first-order chi connectivity index (χ1) is 6.20. The molecule has 0 aliphatic heterocycles. The van der Waals surface area contributed by atoms with Crippen LogP contribution in [0.25, 0.3) is 0 Å². The molecule has 0 aromatic carbocycles. The Balaban J connectivity index is 1.99. The van der Waals surface area contributed by atoms with E-state index in [1.807, 2.05) is 6.92 Å². The number of nitrogens with zero attached hydrogens (tertiary/aromatic N) is 3. The predicted octanol–water partition coefficient (Wildman–Crippen LogP) is -0.128. The van der Waals surface area contributed by atoms with Gasteiger partial charge in [0, 0.05) is 5.54 Å². The topological polar surface area (TPSA) is 83.6 Å². The molecule has 1 saturated carbocycles. The Hall–Kier alpha value is -1.46. The predicted molar refractivity (Wildman–Crippen MR) is 43.9 cm³/mol. The molecule has 6 nitrogen and oxygen atoms in total. The van der Waals surface area contributed by atoms with Crippen LogP contribution in [0.2, 0.25) is 0 Å². The smallest absolute Gasteiger partial charge is 0.293 e. The van der Waals surface area contributed by atoms with E-state index in [-0.39, 0.29) is 17.3 Å². The minimum Gasteiger partial charge on any atom is -0.344 e. The van der Waals surface area contributed by atoms with Crippen LogP contribution < -0.4 is 5.32 Å². The standard InChI is InChI=1S/C7H11N5O/c1-7(3-2-4-7)8-6(13)5-9-11-12-10-5/h2-4H2,1H3,(H,8,13)(H,9,10,11,12). The van der Waals surface area contributed by atoms with Gasteiger partial charge in [-0.3, -0.25) is 4.79 Å². The van der Waals surface area contributed by atoms with Crippen LogP contribution in [0.3, 0.4) is 0 Å². The van der Waals surface area contributed by atoms with Gasteiger partial charge in [-0.2, -0.15) is 5.21 Å². The molecule has 1 aromatic rings. The molecule has 0 unspecified atom stereocenters. The first-order valence-electron chi connectivity index (χ1n) is 4.26. The number of tetrazole rings is 1. The van der Waals surface area contributed by atoms with Gasteiger partial charge in [0.15, 0.2) is 0 Å². The van der Waals surface area contributed by atoms with Gasteiger partial charge in [-0.05, 0) is 31.4 Å². The third kappa shape index (κ3) is 1.51. The number of nitrogens with one attached hydrogen (secondary N) is 2. The van der Waals surface area contributed by atoms with Crippen molar-refractivity contribution in [2.75, 3.05) is 0 Å². The third-order valence-electron chi connectivity index (χ3n) is 2.42. The Morgan fingerprint density at radius 2 is 2.38 bits per heavy atom. The highest BCUT2D eigenvalue weighted by Crippen LogP contribution is 2.30. The summed E-state index contributed by atoms with van der Waals surface area (Å²) in [6.07, 6.45) is 3.22. The molecule has 70 valence electrons. The summed E-state index contributed by atoms with van der Waals surface area (Å²) in [7, 11) is 0. The van der Waals surface area contributed by atoms with E-state index in [1.165, 1.54) is 6.42 Å². The molecule has 1 heterocycles. The molecular formula is C7H11N5O. The molecule has 1 fully saturated rings. The van der Waals surface area contributed by atoms with Crippen molar-refractivity contribution in [1.82, 2.24) is 25.9 Å². The summed E-state index contributed by atoms with van der Waals surface area (Å²) in [6, 6.07) is 0.